The Labute approximate surface area is 178 Å². The summed E-state index contributed by atoms with van der Waals surface area (Å²) in [7, 11) is 0. The number of unbranched alkanes of at least 4 members (excludes halogenated alkanes) is 1. The van der Waals surface area contributed by atoms with Gasteiger partial charge in [0.05, 0.1) is 11.2 Å². The molecular formula is C22H22FN5OS. The van der Waals surface area contributed by atoms with Crippen LogP contribution < -0.4 is 5.32 Å². The lowest BCUT2D eigenvalue weighted by atomic mass is 10.2. The van der Waals surface area contributed by atoms with Gasteiger partial charge in [-0.05, 0) is 50.5 Å². The summed E-state index contributed by atoms with van der Waals surface area (Å²) in [5, 5.41) is 10.4. The van der Waals surface area contributed by atoms with E-state index in [1.807, 2.05) is 24.4 Å². The molecule has 1 aromatic carbocycles. The van der Waals surface area contributed by atoms with Gasteiger partial charge in [0, 0.05) is 30.0 Å². The lowest BCUT2D eigenvalue weighted by molar-refractivity contribution is 0.0953. The van der Waals surface area contributed by atoms with Crippen LogP contribution in [0.2, 0.25) is 0 Å². The minimum atomic E-state index is -0.404. The van der Waals surface area contributed by atoms with Crippen molar-refractivity contribution in [3.8, 4) is 11.5 Å². The van der Waals surface area contributed by atoms with Crippen molar-refractivity contribution in [3.05, 3.63) is 82.5 Å². The molecule has 0 fully saturated rings. The molecule has 0 aliphatic heterocycles. The number of nitrogens with one attached hydrogen (secondary N) is 1. The van der Waals surface area contributed by atoms with Gasteiger partial charge < -0.3 is 9.88 Å². The van der Waals surface area contributed by atoms with Crippen molar-refractivity contribution < 1.29 is 9.18 Å². The standard InChI is InChI=1S/C22H22FN5OS/c1-16-15-30-20(26-16)10-4-5-11-24-21(29)17-14-25-28(19-9-3-2-8-18(19)23)22(17)27-12-6-7-13-27/h2-3,6-9,12-15H,4-5,10-11H2,1H3,(H,24,29). The molecule has 4 aromatic rings. The number of carbonyl (C=O) groups excluding carboxylic acids is 1. The Morgan fingerprint density at radius 3 is 2.70 bits per heavy atom. The molecular weight excluding hydrogens is 401 g/mol. The highest BCUT2D eigenvalue weighted by atomic mass is 32.1. The molecule has 4 rings (SSSR count). The zero-order valence-corrected chi connectivity index (χ0v) is 17.4. The van der Waals surface area contributed by atoms with Gasteiger partial charge in [0.1, 0.15) is 17.1 Å². The summed E-state index contributed by atoms with van der Waals surface area (Å²) in [6.45, 7) is 2.54. The van der Waals surface area contributed by atoms with Crippen molar-refractivity contribution in [3.63, 3.8) is 0 Å². The van der Waals surface area contributed by atoms with Crippen LogP contribution >= 0.6 is 11.3 Å². The fraction of sp³-hybridized carbons (Fsp3) is 0.227. The molecule has 0 unspecified atom stereocenters. The smallest absolute Gasteiger partial charge is 0.256 e. The summed E-state index contributed by atoms with van der Waals surface area (Å²) in [6, 6.07) is 10.1. The van der Waals surface area contributed by atoms with E-state index in [2.05, 4.69) is 15.4 Å². The minimum Gasteiger partial charge on any atom is -0.352 e. The van der Waals surface area contributed by atoms with Crippen molar-refractivity contribution in [2.75, 3.05) is 6.54 Å². The van der Waals surface area contributed by atoms with Crippen molar-refractivity contribution >= 4 is 17.2 Å². The number of nitrogens with zero attached hydrogens (tertiary/aromatic N) is 4. The fourth-order valence-corrected chi connectivity index (χ4v) is 4.06. The third-order valence-corrected chi connectivity index (χ3v) is 5.71. The number of carbonyl (C=O) groups is 1. The molecule has 0 saturated heterocycles. The molecule has 8 heteroatoms. The molecule has 154 valence electrons. The number of benzene rings is 1. The van der Waals surface area contributed by atoms with Crippen LogP contribution in [0.25, 0.3) is 11.5 Å². The average molecular weight is 424 g/mol. The second kappa shape index (κ2) is 9.04. The highest BCUT2D eigenvalue weighted by molar-refractivity contribution is 7.09. The van der Waals surface area contributed by atoms with Crippen LogP contribution in [-0.2, 0) is 6.42 Å². The lowest BCUT2D eigenvalue weighted by Gasteiger charge is -2.11. The van der Waals surface area contributed by atoms with Crippen LogP contribution in [0.5, 0.6) is 0 Å². The topological polar surface area (TPSA) is 64.7 Å². The summed E-state index contributed by atoms with van der Waals surface area (Å²) in [5.41, 5.74) is 1.73. The van der Waals surface area contributed by atoms with Crippen molar-refractivity contribution in [2.24, 2.45) is 0 Å². The molecule has 0 radical (unpaired) electrons. The molecule has 0 spiro atoms. The lowest BCUT2D eigenvalue weighted by Crippen LogP contribution is -2.25. The minimum absolute atomic E-state index is 0.230. The molecule has 0 bridgehead atoms. The van der Waals surface area contributed by atoms with Gasteiger partial charge in [-0.1, -0.05) is 12.1 Å². The zero-order chi connectivity index (χ0) is 20.9. The first-order valence-corrected chi connectivity index (χ1v) is 10.7. The van der Waals surface area contributed by atoms with Gasteiger partial charge >= 0.3 is 0 Å². The number of hydrogen-bond acceptors (Lipinski definition) is 4. The van der Waals surface area contributed by atoms with E-state index in [0.717, 1.165) is 30.0 Å². The van der Waals surface area contributed by atoms with Crippen molar-refractivity contribution in [1.29, 1.82) is 0 Å². The molecule has 6 nitrogen and oxygen atoms in total. The molecule has 1 amide bonds. The fourth-order valence-electron chi connectivity index (χ4n) is 3.24. The maximum absolute atomic E-state index is 14.4. The van der Waals surface area contributed by atoms with Gasteiger partial charge in [-0.15, -0.1) is 11.3 Å². The Kier molecular flexibility index (Phi) is 6.04. The van der Waals surface area contributed by atoms with E-state index in [1.165, 1.54) is 16.9 Å². The normalized spacial score (nSPS) is 11.0. The van der Waals surface area contributed by atoms with Crippen LogP contribution in [0.4, 0.5) is 4.39 Å². The van der Waals surface area contributed by atoms with Crippen molar-refractivity contribution in [2.45, 2.75) is 26.2 Å². The van der Waals surface area contributed by atoms with Gasteiger partial charge in [0.2, 0.25) is 0 Å². The van der Waals surface area contributed by atoms with Crippen molar-refractivity contribution in [1.82, 2.24) is 24.6 Å². The van der Waals surface area contributed by atoms with E-state index in [9.17, 15) is 9.18 Å². The maximum Gasteiger partial charge on any atom is 0.256 e. The van der Waals surface area contributed by atoms with Gasteiger partial charge in [-0.25, -0.2) is 14.1 Å². The van der Waals surface area contributed by atoms with Crippen LogP contribution in [0.1, 0.15) is 33.9 Å². The summed E-state index contributed by atoms with van der Waals surface area (Å²) in [6.07, 6.45) is 7.81. The Morgan fingerprint density at radius 1 is 1.17 bits per heavy atom. The summed E-state index contributed by atoms with van der Waals surface area (Å²) in [4.78, 5) is 17.3. The van der Waals surface area contributed by atoms with E-state index < -0.39 is 5.82 Å². The summed E-state index contributed by atoms with van der Waals surface area (Å²) in [5.74, 6) is -0.134. The van der Waals surface area contributed by atoms with E-state index in [1.54, 1.807) is 46.5 Å². The number of aryl methyl sites for hydroxylation is 2. The molecule has 1 N–H and O–H groups in total. The first-order valence-electron chi connectivity index (χ1n) is 9.79. The second-order valence-electron chi connectivity index (χ2n) is 6.93. The van der Waals surface area contributed by atoms with E-state index in [4.69, 9.17) is 0 Å². The van der Waals surface area contributed by atoms with E-state index in [0.29, 0.717) is 23.6 Å². The van der Waals surface area contributed by atoms with Crippen LogP contribution in [0.3, 0.4) is 0 Å². The van der Waals surface area contributed by atoms with Crippen LogP contribution in [-0.4, -0.2) is 31.8 Å². The predicted molar refractivity (Wildman–Crippen MR) is 115 cm³/mol. The third kappa shape index (κ3) is 4.33. The second-order valence-corrected chi connectivity index (χ2v) is 7.87. The zero-order valence-electron chi connectivity index (χ0n) is 16.6. The van der Waals surface area contributed by atoms with Crippen LogP contribution in [0, 0.1) is 12.7 Å². The highest BCUT2D eigenvalue weighted by Gasteiger charge is 2.21. The average Bonchev–Trinajstić information content (AvgIpc) is 3.48. The monoisotopic (exact) mass is 423 g/mol. The summed E-state index contributed by atoms with van der Waals surface area (Å²) < 4.78 is 17.6. The molecule has 30 heavy (non-hydrogen) atoms. The van der Waals surface area contributed by atoms with Gasteiger partial charge in [-0.2, -0.15) is 5.10 Å². The molecule has 0 saturated carbocycles. The Balaban J connectivity index is 1.47. The highest BCUT2D eigenvalue weighted by Crippen LogP contribution is 2.21. The summed E-state index contributed by atoms with van der Waals surface area (Å²) >= 11 is 1.67. The molecule has 0 aliphatic carbocycles. The molecule has 0 aliphatic rings. The Hall–Kier alpha value is -3.26. The third-order valence-electron chi connectivity index (χ3n) is 4.69. The number of halogens is 1. The number of para-hydroxylation sites is 1. The first-order chi connectivity index (χ1) is 14.6. The quantitative estimate of drug-likeness (QED) is 0.429. The number of thiazole rings is 1. The largest absolute Gasteiger partial charge is 0.352 e. The number of rotatable bonds is 8. The van der Waals surface area contributed by atoms with Gasteiger partial charge in [-0.3, -0.25) is 4.79 Å². The molecule has 3 aromatic heterocycles. The molecule has 3 heterocycles. The predicted octanol–water partition coefficient (Wildman–Crippen LogP) is 4.32. The first kappa shape index (κ1) is 20.0. The maximum atomic E-state index is 14.4. The van der Waals surface area contributed by atoms with Crippen LogP contribution in [0.15, 0.2) is 60.4 Å². The molecule has 0 atom stereocenters. The van der Waals surface area contributed by atoms with E-state index in [-0.39, 0.29) is 5.91 Å². The van der Waals surface area contributed by atoms with Gasteiger partial charge in [0.15, 0.2) is 5.82 Å². The Bertz CT molecular complexity index is 1130. The number of hydrogen-bond donors (Lipinski definition) is 1. The number of aromatic nitrogens is 4. The van der Waals surface area contributed by atoms with Gasteiger partial charge in [0.25, 0.3) is 5.91 Å². The Morgan fingerprint density at radius 2 is 1.97 bits per heavy atom. The van der Waals surface area contributed by atoms with E-state index >= 15 is 0 Å². The SMILES string of the molecule is Cc1csc(CCCCNC(=O)c2cnn(-c3ccccc3F)c2-n2cccc2)n1. The number of amides is 1.